The highest BCUT2D eigenvalue weighted by Gasteiger charge is 2.34. The molecule has 1 N–H and O–H groups in total. The Morgan fingerprint density at radius 2 is 2.08 bits per heavy atom. The topological polar surface area (TPSA) is 75.7 Å². The summed E-state index contributed by atoms with van der Waals surface area (Å²) in [5.41, 5.74) is 0.818. The van der Waals surface area contributed by atoms with Crippen LogP contribution in [0.25, 0.3) is 6.08 Å². The van der Waals surface area contributed by atoms with Crippen LogP contribution in [0.4, 0.5) is 0 Å². The number of amides is 2. The molecule has 0 spiro atoms. The molecule has 2 rings (SSSR count). The zero-order chi connectivity index (χ0) is 18.2. The van der Waals surface area contributed by atoms with E-state index in [9.17, 15) is 14.4 Å². The number of rotatable bonds is 6. The number of benzene rings is 1. The molecule has 1 aliphatic heterocycles. The molecule has 2 amide bonds. The van der Waals surface area contributed by atoms with Gasteiger partial charge in [0, 0.05) is 24.2 Å². The predicted octanol–water partition coefficient (Wildman–Crippen LogP) is 2.02. The molecule has 7 heteroatoms. The summed E-state index contributed by atoms with van der Waals surface area (Å²) in [5.74, 6) is -1.14. The van der Waals surface area contributed by atoms with E-state index in [0.717, 1.165) is 5.56 Å². The van der Waals surface area contributed by atoms with E-state index >= 15 is 0 Å². The monoisotopic (exact) mass is 364 g/mol. The van der Waals surface area contributed by atoms with Gasteiger partial charge in [-0.15, -0.1) is 0 Å². The molecule has 0 aromatic heterocycles. The molecule has 1 atom stereocenters. The fourth-order valence-corrected chi connectivity index (χ4v) is 2.58. The molecule has 0 aliphatic carbocycles. The van der Waals surface area contributed by atoms with Gasteiger partial charge in [-0.05, 0) is 30.2 Å². The van der Waals surface area contributed by atoms with Crippen LogP contribution >= 0.6 is 11.6 Å². The summed E-state index contributed by atoms with van der Waals surface area (Å²) < 4.78 is 5.02. The third-order valence-corrected chi connectivity index (χ3v) is 3.98. The molecule has 1 fully saturated rings. The van der Waals surface area contributed by atoms with Crippen molar-refractivity contribution < 1.29 is 19.1 Å². The van der Waals surface area contributed by atoms with Crippen LogP contribution < -0.4 is 5.32 Å². The van der Waals surface area contributed by atoms with Crippen LogP contribution in [-0.2, 0) is 19.1 Å². The van der Waals surface area contributed by atoms with Crippen LogP contribution in [0, 0.1) is 0 Å². The Hall–Kier alpha value is -2.34. The van der Waals surface area contributed by atoms with Gasteiger partial charge in [-0.1, -0.05) is 30.7 Å². The Morgan fingerprint density at radius 1 is 1.36 bits per heavy atom. The maximum absolute atomic E-state index is 12.5. The minimum Gasteiger partial charge on any atom is -0.466 e. The fraction of sp³-hybridized carbons (Fsp3) is 0.389. The lowest BCUT2D eigenvalue weighted by molar-refractivity contribution is -0.150. The molecule has 134 valence electrons. The van der Waals surface area contributed by atoms with Gasteiger partial charge in [0.15, 0.2) is 0 Å². The van der Waals surface area contributed by atoms with Crippen LogP contribution in [0.3, 0.4) is 0 Å². The van der Waals surface area contributed by atoms with Crippen molar-refractivity contribution in [2.24, 2.45) is 0 Å². The number of hydrogen-bond donors (Lipinski definition) is 1. The van der Waals surface area contributed by atoms with Crippen molar-refractivity contribution >= 4 is 35.5 Å². The summed E-state index contributed by atoms with van der Waals surface area (Å²) in [4.78, 5) is 37.8. The number of esters is 1. The largest absolute Gasteiger partial charge is 0.466 e. The van der Waals surface area contributed by atoms with E-state index in [-0.39, 0.29) is 18.2 Å². The van der Waals surface area contributed by atoms with Crippen molar-refractivity contribution in [2.75, 3.05) is 19.7 Å². The number of hydrogen-bond acceptors (Lipinski definition) is 4. The second-order valence-corrected chi connectivity index (χ2v) is 6.08. The Kier molecular flexibility index (Phi) is 7.01. The maximum atomic E-state index is 12.5. The molecule has 0 radical (unpaired) electrons. The second kappa shape index (κ2) is 9.22. The van der Waals surface area contributed by atoms with Gasteiger partial charge in [-0.2, -0.15) is 0 Å². The minimum atomic E-state index is -0.847. The van der Waals surface area contributed by atoms with Gasteiger partial charge in [0.1, 0.15) is 6.04 Å². The van der Waals surface area contributed by atoms with Gasteiger partial charge in [0.25, 0.3) is 0 Å². The van der Waals surface area contributed by atoms with Gasteiger partial charge >= 0.3 is 5.97 Å². The number of carbonyl (C=O) groups excluding carboxylic acids is 3. The van der Waals surface area contributed by atoms with E-state index in [1.54, 1.807) is 30.3 Å². The molecule has 1 aliphatic rings. The Bertz CT molecular complexity index is 658. The van der Waals surface area contributed by atoms with E-state index in [4.69, 9.17) is 16.3 Å². The third kappa shape index (κ3) is 5.60. The van der Waals surface area contributed by atoms with Crippen LogP contribution in [-0.4, -0.2) is 48.4 Å². The number of piperazine rings is 1. The van der Waals surface area contributed by atoms with Gasteiger partial charge in [0.2, 0.25) is 11.8 Å². The fourth-order valence-electron chi connectivity index (χ4n) is 2.45. The molecule has 1 aromatic carbocycles. The van der Waals surface area contributed by atoms with Gasteiger partial charge in [-0.25, -0.2) is 0 Å². The summed E-state index contributed by atoms with van der Waals surface area (Å²) in [6.07, 6.45) is 3.60. The van der Waals surface area contributed by atoms with Gasteiger partial charge < -0.3 is 15.0 Å². The molecule has 1 saturated heterocycles. The molecular weight excluding hydrogens is 344 g/mol. The highest BCUT2D eigenvalue weighted by Crippen LogP contribution is 2.13. The normalized spacial score (nSPS) is 17.4. The summed E-state index contributed by atoms with van der Waals surface area (Å²) in [6.45, 7) is 2.90. The van der Waals surface area contributed by atoms with Crippen LogP contribution in [0.2, 0.25) is 5.02 Å². The Morgan fingerprint density at radius 3 is 2.76 bits per heavy atom. The lowest BCUT2D eigenvalue weighted by Crippen LogP contribution is -2.57. The SMILES string of the molecule is CCCOC(=O)CC1C(=O)NCCN1C(=O)/C=C/c1ccc(Cl)cc1. The molecular formula is C18H21ClN2O4. The Labute approximate surface area is 151 Å². The maximum Gasteiger partial charge on any atom is 0.308 e. The van der Waals surface area contributed by atoms with E-state index in [0.29, 0.717) is 31.1 Å². The molecule has 1 unspecified atom stereocenters. The van der Waals surface area contributed by atoms with Crippen molar-refractivity contribution in [3.63, 3.8) is 0 Å². The van der Waals surface area contributed by atoms with Crippen molar-refractivity contribution in [1.82, 2.24) is 10.2 Å². The first-order chi connectivity index (χ1) is 12.0. The van der Waals surface area contributed by atoms with E-state index in [1.807, 2.05) is 6.92 Å². The van der Waals surface area contributed by atoms with E-state index in [2.05, 4.69) is 5.32 Å². The smallest absolute Gasteiger partial charge is 0.308 e. The van der Waals surface area contributed by atoms with E-state index in [1.165, 1.54) is 11.0 Å². The Balaban J connectivity index is 2.04. The van der Waals surface area contributed by atoms with Crippen LogP contribution in [0.15, 0.2) is 30.3 Å². The molecule has 0 bridgehead atoms. The molecule has 0 saturated carbocycles. The molecule has 25 heavy (non-hydrogen) atoms. The lowest BCUT2D eigenvalue weighted by Gasteiger charge is -2.33. The van der Waals surface area contributed by atoms with Gasteiger partial charge in [-0.3, -0.25) is 14.4 Å². The molecule has 1 heterocycles. The predicted molar refractivity (Wildman–Crippen MR) is 94.9 cm³/mol. The quantitative estimate of drug-likeness (QED) is 0.619. The van der Waals surface area contributed by atoms with E-state index < -0.39 is 12.0 Å². The van der Waals surface area contributed by atoms with Crippen molar-refractivity contribution in [3.8, 4) is 0 Å². The van der Waals surface area contributed by atoms with Crippen LogP contribution in [0.1, 0.15) is 25.3 Å². The summed E-state index contributed by atoms with van der Waals surface area (Å²) in [6, 6.07) is 6.18. The number of halogens is 1. The average Bonchev–Trinajstić information content (AvgIpc) is 2.61. The third-order valence-electron chi connectivity index (χ3n) is 3.73. The van der Waals surface area contributed by atoms with Gasteiger partial charge in [0.05, 0.1) is 13.0 Å². The average molecular weight is 365 g/mol. The lowest BCUT2D eigenvalue weighted by atomic mass is 10.1. The number of carbonyl (C=O) groups is 3. The first-order valence-electron chi connectivity index (χ1n) is 8.19. The summed E-state index contributed by atoms with van der Waals surface area (Å²) in [5, 5.41) is 3.29. The highest BCUT2D eigenvalue weighted by atomic mass is 35.5. The number of nitrogens with zero attached hydrogens (tertiary/aromatic N) is 1. The first-order valence-corrected chi connectivity index (χ1v) is 8.56. The van der Waals surface area contributed by atoms with Crippen molar-refractivity contribution in [2.45, 2.75) is 25.8 Å². The van der Waals surface area contributed by atoms with Crippen LogP contribution in [0.5, 0.6) is 0 Å². The standard InChI is InChI=1S/C18H21ClN2O4/c1-2-11-25-17(23)12-15-18(24)20-9-10-21(15)16(22)8-5-13-3-6-14(19)7-4-13/h3-8,15H,2,9-12H2,1H3,(H,20,24)/b8-5+. The number of nitrogens with one attached hydrogen (secondary N) is 1. The highest BCUT2D eigenvalue weighted by molar-refractivity contribution is 6.30. The number of ether oxygens (including phenoxy) is 1. The summed E-state index contributed by atoms with van der Waals surface area (Å²) in [7, 11) is 0. The molecule has 6 nitrogen and oxygen atoms in total. The van der Waals surface area contributed by atoms with Crippen molar-refractivity contribution in [1.29, 1.82) is 0 Å². The van der Waals surface area contributed by atoms with Crippen molar-refractivity contribution in [3.05, 3.63) is 40.9 Å². The zero-order valence-corrected chi connectivity index (χ0v) is 14.8. The first kappa shape index (κ1) is 19.0. The zero-order valence-electron chi connectivity index (χ0n) is 14.0. The molecule has 1 aromatic rings. The summed E-state index contributed by atoms with van der Waals surface area (Å²) >= 11 is 5.83. The second-order valence-electron chi connectivity index (χ2n) is 5.65. The minimum absolute atomic E-state index is 0.146.